The van der Waals surface area contributed by atoms with Gasteiger partial charge in [-0.1, -0.05) is 0 Å². The molecule has 0 fully saturated rings. The minimum absolute atomic E-state index is 0.424. The number of hydrogen-bond donors (Lipinski definition) is 2. The summed E-state index contributed by atoms with van der Waals surface area (Å²) < 4.78 is 8.52. The Morgan fingerprint density at radius 2 is 2.00 bits per heavy atom. The van der Waals surface area contributed by atoms with Crippen LogP contribution in [0.25, 0.3) is 0 Å². The van der Waals surface area contributed by atoms with E-state index in [9.17, 15) is 9.79 Å². The molecule has 0 spiro atoms. The molecule has 1 heterocycles. The van der Waals surface area contributed by atoms with E-state index in [0.29, 0.717) is 6.01 Å². The van der Waals surface area contributed by atoms with Gasteiger partial charge in [0.1, 0.15) is 0 Å². The third kappa shape index (κ3) is 2.95. The number of aromatic nitrogens is 2. The standard InChI is InChI=1S/C7H16N2O3P/c1-8-5-6-9(2)7(8)12-13(3,4,10)11/h5-6,10-11H,1-4H3/q+1. The van der Waals surface area contributed by atoms with Crippen LogP contribution in [0.5, 0.6) is 6.01 Å². The summed E-state index contributed by atoms with van der Waals surface area (Å²) in [6.45, 7) is 2.61. The molecule has 2 N–H and O–H groups in total. The van der Waals surface area contributed by atoms with Crippen LogP contribution in [0.15, 0.2) is 12.4 Å². The summed E-state index contributed by atoms with van der Waals surface area (Å²) in [4.78, 5) is 19.1. The molecule has 0 aliphatic rings. The zero-order chi connectivity index (χ0) is 10.3. The number of aryl methyl sites for hydroxylation is 2. The molecule has 0 unspecified atom stereocenters. The van der Waals surface area contributed by atoms with Gasteiger partial charge in [0.25, 0.3) is 0 Å². The Bertz CT molecular complexity index is 297. The molecule has 5 nitrogen and oxygen atoms in total. The second-order valence-corrected chi connectivity index (χ2v) is 7.67. The van der Waals surface area contributed by atoms with Crippen LogP contribution in [0, 0.1) is 0 Å². The molecule has 0 aromatic carbocycles. The maximum atomic E-state index is 9.54. The van der Waals surface area contributed by atoms with Gasteiger partial charge >= 0.3 is 76.6 Å². The van der Waals surface area contributed by atoms with Gasteiger partial charge in [-0.05, 0) is 0 Å². The summed E-state index contributed by atoms with van der Waals surface area (Å²) in [7, 11) is -0.374. The van der Waals surface area contributed by atoms with E-state index in [-0.39, 0.29) is 0 Å². The van der Waals surface area contributed by atoms with Crippen LogP contribution in [-0.4, -0.2) is 27.7 Å². The van der Waals surface area contributed by atoms with Gasteiger partial charge in [-0.2, -0.15) is 0 Å². The first kappa shape index (κ1) is 10.4. The summed E-state index contributed by atoms with van der Waals surface area (Å²) in [6.07, 6.45) is 3.55. The van der Waals surface area contributed by atoms with Crippen molar-refractivity contribution in [2.24, 2.45) is 14.1 Å². The molecule has 0 amide bonds. The molecule has 1 aromatic rings. The zero-order valence-corrected chi connectivity index (χ0v) is 9.19. The SMILES string of the molecule is Cn1cc[n+](C)c1OP(C)(C)(O)O. The summed E-state index contributed by atoms with van der Waals surface area (Å²) >= 11 is 0. The van der Waals surface area contributed by atoms with Crippen LogP contribution < -0.4 is 9.09 Å². The summed E-state index contributed by atoms with van der Waals surface area (Å²) in [6, 6.07) is 0.424. The Hall–Kier alpha value is -0.640. The topological polar surface area (TPSA) is 58.5 Å². The van der Waals surface area contributed by atoms with Crippen molar-refractivity contribution >= 4 is 7.28 Å². The van der Waals surface area contributed by atoms with Crippen molar-refractivity contribution in [3.63, 3.8) is 0 Å². The van der Waals surface area contributed by atoms with Crippen LogP contribution in [0.2, 0.25) is 0 Å². The fraction of sp³-hybridized carbons (Fsp3) is 0.571. The van der Waals surface area contributed by atoms with Crippen LogP contribution in [0.4, 0.5) is 0 Å². The van der Waals surface area contributed by atoms with Gasteiger partial charge in [0.05, 0.1) is 0 Å². The number of nitrogens with zero attached hydrogens (tertiary/aromatic N) is 2. The summed E-state index contributed by atoms with van der Waals surface area (Å²) in [5, 5.41) is 0. The number of imidazole rings is 1. The number of hydrogen-bond acceptors (Lipinski definition) is 3. The Balaban J connectivity index is 2.99. The van der Waals surface area contributed by atoms with E-state index in [4.69, 9.17) is 4.52 Å². The molecule has 0 saturated carbocycles. The molecule has 1 aromatic heterocycles. The van der Waals surface area contributed by atoms with E-state index in [0.717, 1.165) is 0 Å². The minimum atomic E-state index is -3.92. The molecule has 1 rings (SSSR count). The average Bonchev–Trinajstić information content (AvgIpc) is 2.14. The Morgan fingerprint density at radius 1 is 1.46 bits per heavy atom. The van der Waals surface area contributed by atoms with Crippen molar-refractivity contribution in [3.05, 3.63) is 12.4 Å². The second-order valence-electron chi connectivity index (χ2n) is 3.76. The molecule has 0 atom stereocenters. The van der Waals surface area contributed by atoms with Gasteiger partial charge in [0.15, 0.2) is 0 Å². The molecular formula is C7H16N2O3P+. The number of rotatable bonds is 2. The second kappa shape index (κ2) is 2.67. The first-order valence-corrected chi connectivity index (χ1v) is 6.83. The third-order valence-electron chi connectivity index (χ3n) is 1.46. The van der Waals surface area contributed by atoms with Crippen LogP contribution in [0.1, 0.15) is 0 Å². The molecule has 13 heavy (non-hydrogen) atoms. The fourth-order valence-electron chi connectivity index (χ4n) is 0.941. The van der Waals surface area contributed by atoms with Crippen LogP contribution in [-0.2, 0) is 14.1 Å². The van der Waals surface area contributed by atoms with Crippen molar-refractivity contribution in [1.82, 2.24) is 4.57 Å². The van der Waals surface area contributed by atoms with Crippen molar-refractivity contribution in [2.75, 3.05) is 13.3 Å². The fourth-order valence-corrected chi connectivity index (χ4v) is 1.67. The van der Waals surface area contributed by atoms with Gasteiger partial charge in [0, 0.05) is 0 Å². The van der Waals surface area contributed by atoms with Crippen molar-refractivity contribution < 1.29 is 18.9 Å². The molecule has 0 bridgehead atoms. The Kier molecular flexibility index (Phi) is 2.15. The quantitative estimate of drug-likeness (QED) is 0.520. The summed E-state index contributed by atoms with van der Waals surface area (Å²) in [5.41, 5.74) is 0. The summed E-state index contributed by atoms with van der Waals surface area (Å²) in [5.74, 6) is 0. The predicted molar refractivity (Wildman–Crippen MR) is 50.4 cm³/mol. The zero-order valence-electron chi connectivity index (χ0n) is 8.30. The van der Waals surface area contributed by atoms with Gasteiger partial charge < -0.3 is 0 Å². The Labute approximate surface area is 77.4 Å². The third-order valence-corrected chi connectivity index (χ3v) is 2.15. The van der Waals surface area contributed by atoms with E-state index in [1.165, 1.54) is 13.3 Å². The normalized spacial score (nSPS) is 15.1. The van der Waals surface area contributed by atoms with E-state index in [1.807, 2.05) is 0 Å². The molecule has 0 aliphatic carbocycles. The molecule has 6 heteroatoms. The van der Waals surface area contributed by atoms with Gasteiger partial charge in [-0.25, -0.2) is 0 Å². The van der Waals surface area contributed by atoms with Crippen molar-refractivity contribution in [1.29, 1.82) is 0 Å². The van der Waals surface area contributed by atoms with E-state index in [2.05, 4.69) is 0 Å². The predicted octanol–water partition coefficient (Wildman–Crippen LogP) is -0.229. The maximum absolute atomic E-state index is 9.54. The van der Waals surface area contributed by atoms with E-state index >= 15 is 0 Å². The Morgan fingerprint density at radius 3 is 2.31 bits per heavy atom. The molecule has 0 radical (unpaired) electrons. The molecule has 0 saturated heterocycles. The first-order valence-electron chi connectivity index (χ1n) is 3.87. The van der Waals surface area contributed by atoms with Crippen LogP contribution >= 0.6 is 7.28 Å². The molecule has 76 valence electrons. The van der Waals surface area contributed by atoms with Crippen molar-refractivity contribution in [2.45, 2.75) is 0 Å². The first-order chi connectivity index (χ1) is 5.65. The molecule has 0 aliphatic heterocycles. The monoisotopic (exact) mass is 207 g/mol. The van der Waals surface area contributed by atoms with E-state index in [1.54, 1.807) is 35.6 Å². The van der Waals surface area contributed by atoms with Crippen LogP contribution in [0.3, 0.4) is 0 Å². The van der Waals surface area contributed by atoms with Gasteiger partial charge in [0.2, 0.25) is 0 Å². The van der Waals surface area contributed by atoms with E-state index < -0.39 is 7.28 Å². The van der Waals surface area contributed by atoms with Gasteiger partial charge in [-0.15, -0.1) is 0 Å². The van der Waals surface area contributed by atoms with Gasteiger partial charge in [-0.3, -0.25) is 0 Å². The molecular weight excluding hydrogens is 191 g/mol. The average molecular weight is 207 g/mol. The van der Waals surface area contributed by atoms with Crippen molar-refractivity contribution in [3.8, 4) is 6.01 Å².